The van der Waals surface area contributed by atoms with Crippen molar-refractivity contribution in [1.29, 1.82) is 0 Å². The van der Waals surface area contributed by atoms with Crippen molar-refractivity contribution >= 4 is 16.9 Å². The summed E-state index contributed by atoms with van der Waals surface area (Å²) in [4.78, 5) is 17.3. The van der Waals surface area contributed by atoms with Crippen LogP contribution in [-0.2, 0) is 11.3 Å². The van der Waals surface area contributed by atoms with Crippen molar-refractivity contribution in [3.05, 3.63) is 89.7 Å². The molecule has 34 heavy (non-hydrogen) atoms. The van der Waals surface area contributed by atoms with E-state index in [0.29, 0.717) is 12.4 Å². The van der Waals surface area contributed by atoms with Gasteiger partial charge in [-0.3, -0.25) is 4.79 Å². The molecule has 1 amide bonds. The zero-order valence-electron chi connectivity index (χ0n) is 20.0. The molecular weight excluding hydrogens is 426 g/mol. The van der Waals surface area contributed by atoms with Gasteiger partial charge >= 0.3 is 0 Å². The van der Waals surface area contributed by atoms with Crippen LogP contribution in [0.15, 0.2) is 72.8 Å². The van der Waals surface area contributed by atoms with E-state index < -0.39 is 0 Å². The van der Waals surface area contributed by atoms with Crippen molar-refractivity contribution < 1.29 is 14.3 Å². The molecule has 1 aromatic heterocycles. The fraction of sp³-hybridized carbons (Fsp3) is 0.286. The van der Waals surface area contributed by atoms with E-state index in [1.54, 1.807) is 0 Å². The van der Waals surface area contributed by atoms with Gasteiger partial charge in [0.05, 0.1) is 23.7 Å². The van der Waals surface area contributed by atoms with Gasteiger partial charge in [0.25, 0.3) is 5.91 Å². The summed E-state index contributed by atoms with van der Waals surface area (Å²) in [5.41, 5.74) is 4.24. The summed E-state index contributed by atoms with van der Waals surface area (Å²) in [7, 11) is 0. The number of imidazole rings is 1. The minimum Gasteiger partial charge on any atom is -0.493 e. The smallest absolute Gasteiger partial charge is 0.258 e. The first-order valence-corrected chi connectivity index (χ1v) is 11.6. The molecule has 3 aromatic carbocycles. The van der Waals surface area contributed by atoms with E-state index >= 15 is 0 Å². The monoisotopic (exact) mass is 457 g/mol. The molecule has 0 aliphatic rings. The van der Waals surface area contributed by atoms with Crippen LogP contribution < -0.4 is 14.8 Å². The number of amides is 1. The van der Waals surface area contributed by atoms with Crippen molar-refractivity contribution in [2.45, 2.75) is 39.8 Å². The molecule has 4 rings (SSSR count). The molecule has 176 valence electrons. The number of rotatable bonds is 10. The normalized spacial score (nSPS) is 11.9. The number of ether oxygens (including phenoxy) is 2. The van der Waals surface area contributed by atoms with Crippen molar-refractivity contribution in [2.24, 2.45) is 0 Å². The van der Waals surface area contributed by atoms with Gasteiger partial charge < -0.3 is 19.4 Å². The molecule has 0 spiro atoms. The number of para-hydroxylation sites is 4. The van der Waals surface area contributed by atoms with Gasteiger partial charge in [-0.2, -0.15) is 0 Å². The zero-order chi connectivity index (χ0) is 23.9. The minimum atomic E-state index is -0.265. The molecule has 0 aliphatic heterocycles. The third-order valence-corrected chi connectivity index (χ3v) is 5.74. The molecule has 1 atom stereocenters. The predicted molar refractivity (Wildman–Crippen MR) is 134 cm³/mol. The molecule has 0 bridgehead atoms. The average molecular weight is 458 g/mol. The highest BCUT2D eigenvalue weighted by atomic mass is 16.5. The summed E-state index contributed by atoms with van der Waals surface area (Å²) in [5, 5.41) is 3.02. The predicted octanol–water partition coefficient (Wildman–Crippen LogP) is 5.38. The second kappa shape index (κ2) is 10.9. The van der Waals surface area contributed by atoms with Crippen LogP contribution in [0.3, 0.4) is 0 Å². The Labute approximate surface area is 200 Å². The summed E-state index contributed by atoms with van der Waals surface area (Å²) in [5.74, 6) is 2.26. The summed E-state index contributed by atoms with van der Waals surface area (Å²) < 4.78 is 13.8. The maximum Gasteiger partial charge on any atom is 0.258 e. The molecule has 6 nitrogen and oxygen atoms in total. The average Bonchev–Trinajstić information content (AvgIpc) is 3.21. The number of aryl methyl sites for hydroxylation is 3. The first-order chi connectivity index (χ1) is 16.5. The molecular formula is C28H31N3O3. The van der Waals surface area contributed by atoms with Gasteiger partial charge in [-0.25, -0.2) is 4.98 Å². The van der Waals surface area contributed by atoms with E-state index in [1.807, 2.05) is 61.5 Å². The Balaban J connectivity index is 1.41. The van der Waals surface area contributed by atoms with Crippen LogP contribution in [0.5, 0.6) is 11.5 Å². The highest BCUT2D eigenvalue weighted by Gasteiger charge is 2.18. The fourth-order valence-corrected chi connectivity index (χ4v) is 4.10. The second-order valence-electron chi connectivity index (χ2n) is 8.42. The van der Waals surface area contributed by atoms with Crippen molar-refractivity contribution in [1.82, 2.24) is 14.9 Å². The van der Waals surface area contributed by atoms with E-state index in [4.69, 9.17) is 14.5 Å². The Hall–Kier alpha value is -3.80. The van der Waals surface area contributed by atoms with Crippen LogP contribution >= 0.6 is 0 Å². The van der Waals surface area contributed by atoms with Gasteiger partial charge in [0.15, 0.2) is 6.61 Å². The van der Waals surface area contributed by atoms with Crippen LogP contribution in [0.25, 0.3) is 11.0 Å². The van der Waals surface area contributed by atoms with E-state index in [1.165, 1.54) is 0 Å². The number of nitrogens with zero attached hydrogens (tertiary/aromatic N) is 2. The van der Waals surface area contributed by atoms with Gasteiger partial charge in [-0.1, -0.05) is 48.5 Å². The molecule has 0 saturated heterocycles. The Morgan fingerprint density at radius 2 is 1.65 bits per heavy atom. The molecule has 0 fully saturated rings. The Morgan fingerprint density at radius 3 is 2.41 bits per heavy atom. The fourth-order valence-electron chi connectivity index (χ4n) is 4.10. The molecule has 6 heteroatoms. The number of hydrogen-bond donors (Lipinski definition) is 1. The molecule has 1 heterocycles. The number of carbonyl (C=O) groups is 1. The molecule has 1 N–H and O–H groups in total. The number of hydrogen-bond acceptors (Lipinski definition) is 4. The largest absolute Gasteiger partial charge is 0.493 e. The summed E-state index contributed by atoms with van der Waals surface area (Å²) in [6.45, 7) is 7.37. The lowest BCUT2D eigenvalue weighted by molar-refractivity contribution is -0.123. The first kappa shape index (κ1) is 23.4. The number of nitrogens with one attached hydrogen (secondary N) is 1. The maximum absolute atomic E-state index is 12.5. The molecule has 0 saturated carbocycles. The summed E-state index contributed by atoms with van der Waals surface area (Å²) >= 11 is 0. The third-order valence-electron chi connectivity index (χ3n) is 5.74. The van der Waals surface area contributed by atoms with Crippen LogP contribution in [0.2, 0.25) is 0 Å². The maximum atomic E-state index is 12.5. The van der Waals surface area contributed by atoms with Crippen LogP contribution in [0, 0.1) is 13.8 Å². The lowest BCUT2D eigenvalue weighted by atomic mass is 10.1. The van der Waals surface area contributed by atoms with Crippen molar-refractivity contribution in [3.63, 3.8) is 0 Å². The number of fused-ring (bicyclic) bond motifs is 1. The molecule has 0 radical (unpaired) electrons. The van der Waals surface area contributed by atoms with Crippen LogP contribution in [0.1, 0.15) is 36.3 Å². The lowest BCUT2D eigenvalue weighted by Crippen LogP contribution is -2.32. The Bertz CT molecular complexity index is 1230. The third kappa shape index (κ3) is 5.57. The van der Waals surface area contributed by atoms with Crippen LogP contribution in [0.4, 0.5) is 0 Å². The van der Waals surface area contributed by atoms with E-state index in [-0.39, 0.29) is 18.6 Å². The van der Waals surface area contributed by atoms with Gasteiger partial charge in [0, 0.05) is 6.54 Å². The first-order valence-electron chi connectivity index (χ1n) is 11.6. The lowest BCUT2D eigenvalue weighted by Gasteiger charge is -2.17. The highest BCUT2D eigenvalue weighted by Crippen LogP contribution is 2.24. The molecule has 4 aromatic rings. The quantitative estimate of drug-likeness (QED) is 0.325. The van der Waals surface area contributed by atoms with Gasteiger partial charge in [0.1, 0.15) is 17.3 Å². The SMILES string of the molecule is Cc1cccc(C)c1OCCCn1c(C(C)NC(=O)COc2ccccc2)nc2ccccc21. The Kier molecular flexibility index (Phi) is 7.48. The molecule has 1 unspecified atom stereocenters. The van der Waals surface area contributed by atoms with Crippen molar-refractivity contribution in [2.75, 3.05) is 13.2 Å². The highest BCUT2D eigenvalue weighted by molar-refractivity contribution is 5.79. The van der Waals surface area contributed by atoms with Gasteiger partial charge in [0.2, 0.25) is 0 Å². The molecule has 0 aliphatic carbocycles. The van der Waals surface area contributed by atoms with Gasteiger partial charge in [-0.15, -0.1) is 0 Å². The van der Waals surface area contributed by atoms with Crippen LogP contribution in [-0.4, -0.2) is 28.7 Å². The van der Waals surface area contributed by atoms with Gasteiger partial charge in [-0.05, 0) is 62.6 Å². The number of carbonyl (C=O) groups excluding carboxylic acids is 1. The standard InChI is InChI=1S/C28H31N3O3/c1-20-11-9-12-21(2)27(20)33-18-10-17-31-25-16-8-7-15-24(25)30-28(31)22(3)29-26(32)19-34-23-13-5-4-6-14-23/h4-9,11-16,22H,10,17-19H2,1-3H3,(H,29,32). The zero-order valence-corrected chi connectivity index (χ0v) is 20.0. The minimum absolute atomic E-state index is 0.0435. The summed E-state index contributed by atoms with van der Waals surface area (Å²) in [6.07, 6.45) is 0.818. The van der Waals surface area contributed by atoms with E-state index in [0.717, 1.165) is 46.7 Å². The number of benzene rings is 3. The summed E-state index contributed by atoms with van der Waals surface area (Å²) in [6, 6.07) is 23.3. The second-order valence-corrected chi connectivity index (χ2v) is 8.42. The van der Waals surface area contributed by atoms with E-state index in [2.05, 4.69) is 41.9 Å². The Morgan fingerprint density at radius 1 is 0.941 bits per heavy atom. The van der Waals surface area contributed by atoms with E-state index in [9.17, 15) is 4.79 Å². The van der Waals surface area contributed by atoms with Crippen molar-refractivity contribution in [3.8, 4) is 11.5 Å². The topological polar surface area (TPSA) is 65.4 Å². The number of aromatic nitrogens is 2.